The van der Waals surface area contributed by atoms with E-state index in [9.17, 15) is 17.6 Å². The van der Waals surface area contributed by atoms with Crippen molar-refractivity contribution in [2.45, 2.75) is 17.7 Å². The van der Waals surface area contributed by atoms with Gasteiger partial charge in [-0.05, 0) is 42.7 Å². The van der Waals surface area contributed by atoms with Crippen LogP contribution in [0.4, 0.5) is 10.1 Å². The van der Waals surface area contributed by atoms with Gasteiger partial charge in [0.05, 0.1) is 10.6 Å². The molecule has 0 atom stereocenters. The summed E-state index contributed by atoms with van der Waals surface area (Å²) in [6, 6.07) is 23.1. The van der Waals surface area contributed by atoms with E-state index in [1.165, 1.54) is 36.4 Å². The number of benzene rings is 3. The van der Waals surface area contributed by atoms with Crippen LogP contribution < -0.4 is 9.62 Å². The lowest BCUT2D eigenvalue weighted by Crippen LogP contribution is -2.41. The summed E-state index contributed by atoms with van der Waals surface area (Å²) in [6.07, 6.45) is 1.50. The Bertz CT molecular complexity index is 1070. The molecule has 156 valence electrons. The van der Waals surface area contributed by atoms with Crippen molar-refractivity contribution in [2.24, 2.45) is 0 Å². The molecule has 0 saturated carbocycles. The molecule has 7 heteroatoms. The quantitative estimate of drug-likeness (QED) is 0.530. The molecule has 0 fully saturated rings. The molecule has 0 aromatic heterocycles. The van der Waals surface area contributed by atoms with Crippen molar-refractivity contribution in [1.29, 1.82) is 0 Å². The summed E-state index contributed by atoms with van der Waals surface area (Å²) in [7, 11) is -4.11. The zero-order valence-electron chi connectivity index (χ0n) is 16.4. The van der Waals surface area contributed by atoms with Gasteiger partial charge in [-0.1, -0.05) is 60.7 Å². The van der Waals surface area contributed by atoms with E-state index >= 15 is 0 Å². The second-order valence-corrected chi connectivity index (χ2v) is 8.58. The highest BCUT2D eigenvalue weighted by atomic mass is 32.2. The summed E-state index contributed by atoms with van der Waals surface area (Å²) in [4.78, 5) is 12.5. The largest absolute Gasteiger partial charge is 0.355 e. The molecule has 0 spiro atoms. The first-order chi connectivity index (χ1) is 14.5. The predicted molar refractivity (Wildman–Crippen MR) is 115 cm³/mol. The highest BCUT2D eigenvalue weighted by Gasteiger charge is 2.28. The van der Waals surface area contributed by atoms with E-state index < -0.39 is 28.3 Å². The third-order valence-electron chi connectivity index (χ3n) is 4.55. The van der Waals surface area contributed by atoms with E-state index in [-0.39, 0.29) is 10.6 Å². The second kappa shape index (κ2) is 10.0. The van der Waals surface area contributed by atoms with Gasteiger partial charge in [0.2, 0.25) is 5.91 Å². The molecule has 0 aliphatic heterocycles. The lowest BCUT2D eigenvalue weighted by molar-refractivity contribution is -0.119. The molecule has 0 aliphatic carbocycles. The summed E-state index contributed by atoms with van der Waals surface area (Å²) in [5.74, 6) is -1.21. The van der Waals surface area contributed by atoms with Crippen LogP contribution in [-0.4, -0.2) is 27.4 Å². The second-order valence-electron chi connectivity index (χ2n) is 6.72. The van der Waals surface area contributed by atoms with Crippen LogP contribution in [0.2, 0.25) is 0 Å². The first-order valence-electron chi connectivity index (χ1n) is 9.61. The molecule has 0 aliphatic rings. The summed E-state index contributed by atoms with van der Waals surface area (Å²) in [5.41, 5.74) is 0.993. The standard InChI is InChI=1S/C23H23FN2O3S/c24-21-15-7-8-16-22(21)26(30(28,29)20-13-5-2-6-14-20)18-23(27)25-17-9-12-19-10-3-1-4-11-19/h1-8,10-11,13-16H,9,12,17-18H2,(H,25,27). The van der Waals surface area contributed by atoms with Crippen molar-refractivity contribution in [2.75, 3.05) is 17.4 Å². The number of para-hydroxylation sites is 1. The molecule has 0 radical (unpaired) electrons. The minimum atomic E-state index is -4.11. The van der Waals surface area contributed by atoms with Gasteiger partial charge in [0.25, 0.3) is 10.0 Å². The first kappa shape index (κ1) is 21.5. The number of nitrogens with one attached hydrogen (secondary N) is 1. The van der Waals surface area contributed by atoms with E-state index in [2.05, 4.69) is 5.32 Å². The third-order valence-corrected chi connectivity index (χ3v) is 6.32. The molecule has 0 unspecified atom stereocenters. The molecule has 0 bridgehead atoms. The van der Waals surface area contributed by atoms with Crippen LogP contribution >= 0.6 is 0 Å². The van der Waals surface area contributed by atoms with Gasteiger partial charge in [0.15, 0.2) is 0 Å². The van der Waals surface area contributed by atoms with E-state index in [1.54, 1.807) is 18.2 Å². The summed E-state index contributed by atoms with van der Waals surface area (Å²) < 4.78 is 41.4. The van der Waals surface area contributed by atoms with Crippen molar-refractivity contribution in [3.05, 3.63) is 96.3 Å². The summed E-state index contributed by atoms with van der Waals surface area (Å²) >= 11 is 0. The minimum absolute atomic E-state index is 0.00914. The zero-order valence-corrected chi connectivity index (χ0v) is 17.2. The van der Waals surface area contributed by atoms with Crippen LogP contribution in [-0.2, 0) is 21.2 Å². The number of anilines is 1. The lowest BCUT2D eigenvalue weighted by Gasteiger charge is -2.24. The highest BCUT2D eigenvalue weighted by molar-refractivity contribution is 7.92. The number of hydrogen-bond donors (Lipinski definition) is 1. The first-order valence-corrected chi connectivity index (χ1v) is 11.1. The predicted octanol–water partition coefficient (Wildman–Crippen LogP) is 3.77. The molecule has 3 rings (SSSR count). The number of carbonyl (C=O) groups excluding carboxylic acids is 1. The molecule has 1 N–H and O–H groups in total. The van der Waals surface area contributed by atoms with Crippen LogP contribution in [0.3, 0.4) is 0 Å². The monoisotopic (exact) mass is 426 g/mol. The normalized spacial score (nSPS) is 11.1. The molecule has 1 amide bonds. The van der Waals surface area contributed by atoms with Gasteiger partial charge in [-0.3, -0.25) is 9.10 Å². The third kappa shape index (κ3) is 5.45. The Labute approximate surface area is 176 Å². The van der Waals surface area contributed by atoms with Crippen LogP contribution in [0.15, 0.2) is 89.8 Å². The molecule has 0 heterocycles. The maximum Gasteiger partial charge on any atom is 0.264 e. The van der Waals surface area contributed by atoms with Gasteiger partial charge >= 0.3 is 0 Å². The Morgan fingerprint density at radius 3 is 2.13 bits per heavy atom. The molecule has 3 aromatic rings. The molecular formula is C23H23FN2O3S. The Kier molecular flexibility index (Phi) is 7.19. The molecule has 3 aromatic carbocycles. The van der Waals surface area contributed by atoms with E-state index in [1.807, 2.05) is 30.3 Å². The Morgan fingerprint density at radius 1 is 0.867 bits per heavy atom. The van der Waals surface area contributed by atoms with Gasteiger partial charge in [-0.25, -0.2) is 12.8 Å². The molecular weight excluding hydrogens is 403 g/mol. The van der Waals surface area contributed by atoms with Crippen LogP contribution in [0, 0.1) is 5.82 Å². The van der Waals surface area contributed by atoms with E-state index in [0.717, 1.165) is 16.3 Å². The van der Waals surface area contributed by atoms with Gasteiger partial charge < -0.3 is 5.32 Å². The lowest BCUT2D eigenvalue weighted by atomic mass is 10.1. The maximum absolute atomic E-state index is 14.4. The summed E-state index contributed by atoms with van der Waals surface area (Å²) in [6.45, 7) is -0.117. The van der Waals surface area contributed by atoms with Crippen LogP contribution in [0.1, 0.15) is 12.0 Å². The smallest absolute Gasteiger partial charge is 0.264 e. The number of carbonyl (C=O) groups is 1. The fraction of sp³-hybridized carbons (Fsp3) is 0.174. The zero-order chi connectivity index (χ0) is 21.4. The van der Waals surface area contributed by atoms with Crippen molar-refractivity contribution in [3.8, 4) is 0 Å². The van der Waals surface area contributed by atoms with E-state index in [0.29, 0.717) is 13.0 Å². The number of hydrogen-bond acceptors (Lipinski definition) is 3. The fourth-order valence-electron chi connectivity index (χ4n) is 3.02. The van der Waals surface area contributed by atoms with Gasteiger partial charge in [-0.15, -0.1) is 0 Å². The Balaban J connectivity index is 1.71. The minimum Gasteiger partial charge on any atom is -0.355 e. The van der Waals surface area contributed by atoms with Gasteiger partial charge in [0.1, 0.15) is 12.4 Å². The molecule has 0 saturated heterocycles. The number of halogens is 1. The van der Waals surface area contributed by atoms with Crippen molar-refractivity contribution in [1.82, 2.24) is 5.32 Å². The number of amides is 1. The van der Waals surface area contributed by atoms with Crippen molar-refractivity contribution < 1.29 is 17.6 Å². The number of rotatable bonds is 9. The van der Waals surface area contributed by atoms with Crippen molar-refractivity contribution >= 4 is 21.6 Å². The van der Waals surface area contributed by atoms with Crippen LogP contribution in [0.25, 0.3) is 0 Å². The Morgan fingerprint density at radius 2 is 1.47 bits per heavy atom. The average molecular weight is 427 g/mol. The number of aryl methyl sites for hydroxylation is 1. The topological polar surface area (TPSA) is 66.5 Å². The molecule has 30 heavy (non-hydrogen) atoms. The SMILES string of the molecule is O=C(CN(c1ccccc1F)S(=O)(=O)c1ccccc1)NCCCc1ccccc1. The molecule has 5 nitrogen and oxygen atoms in total. The van der Waals surface area contributed by atoms with Gasteiger partial charge in [-0.2, -0.15) is 0 Å². The Hall–Kier alpha value is -3.19. The van der Waals surface area contributed by atoms with Crippen LogP contribution in [0.5, 0.6) is 0 Å². The highest BCUT2D eigenvalue weighted by Crippen LogP contribution is 2.25. The number of nitrogens with zero attached hydrogens (tertiary/aromatic N) is 1. The average Bonchev–Trinajstić information content (AvgIpc) is 2.77. The maximum atomic E-state index is 14.4. The van der Waals surface area contributed by atoms with Crippen molar-refractivity contribution in [3.63, 3.8) is 0 Å². The fourth-order valence-corrected chi connectivity index (χ4v) is 4.47. The van der Waals surface area contributed by atoms with E-state index in [4.69, 9.17) is 0 Å². The van der Waals surface area contributed by atoms with Gasteiger partial charge in [0, 0.05) is 6.54 Å². The number of sulfonamides is 1. The summed E-state index contributed by atoms with van der Waals surface area (Å²) in [5, 5.41) is 2.73.